The number of nitrogens with zero attached hydrogens (tertiary/aromatic N) is 3. The van der Waals surface area contributed by atoms with Crippen LogP contribution in [0, 0.1) is 18.3 Å². The van der Waals surface area contributed by atoms with Gasteiger partial charge >= 0.3 is 0 Å². The average Bonchev–Trinajstić information content (AvgIpc) is 2.82. The molecule has 3 rings (SSSR count). The highest BCUT2D eigenvalue weighted by molar-refractivity contribution is 5.60. The lowest BCUT2D eigenvalue weighted by atomic mass is 9.83. The second-order valence-corrected chi connectivity index (χ2v) is 7.91. The monoisotopic (exact) mass is 452 g/mol. The Labute approximate surface area is 194 Å². The minimum atomic E-state index is -0.731. The number of aromatic nitrogens is 1. The number of nitrogens with two attached hydrogens (primary N) is 1. The molecule has 0 radical (unpaired) electrons. The summed E-state index contributed by atoms with van der Waals surface area (Å²) in [6.07, 6.45) is 0.832. The van der Waals surface area contributed by atoms with Crippen molar-refractivity contribution in [2.24, 2.45) is 5.73 Å². The van der Waals surface area contributed by atoms with Crippen molar-refractivity contribution in [2.75, 3.05) is 33.9 Å². The zero-order chi connectivity index (χ0) is 24.1. The lowest BCUT2D eigenvalue weighted by Crippen LogP contribution is -2.34. The number of pyridine rings is 1. The Morgan fingerprint density at radius 1 is 1.24 bits per heavy atom. The van der Waals surface area contributed by atoms with E-state index in [1.165, 1.54) is 7.11 Å². The fourth-order valence-corrected chi connectivity index (χ4v) is 4.41. The van der Waals surface area contributed by atoms with E-state index in [-0.39, 0.29) is 17.0 Å². The Bertz CT molecular complexity index is 1140. The summed E-state index contributed by atoms with van der Waals surface area (Å²) in [6.45, 7) is 9.54. The molecule has 2 N–H and O–H groups in total. The molecular weight excluding hydrogens is 420 g/mol. The molecule has 1 aromatic carbocycles. The molecule has 176 valence electrons. The highest BCUT2D eigenvalue weighted by atomic mass is 16.5. The molecule has 2 aromatic rings. The molecule has 1 atom stereocenters. The number of benzene rings is 1. The molecule has 8 nitrogen and oxygen atoms in total. The SMILES string of the molecule is CCN(CC)CCCn1c(C)cc2c(c1=O)[C@@H](c1cccc(OC)c1OC)C(C#N)=C(N)O2. The third-order valence-corrected chi connectivity index (χ3v) is 6.18. The third-order valence-electron chi connectivity index (χ3n) is 6.18. The number of fused-ring (bicyclic) bond motifs is 1. The lowest BCUT2D eigenvalue weighted by Gasteiger charge is -2.28. The molecule has 0 amide bonds. The van der Waals surface area contributed by atoms with E-state index < -0.39 is 5.92 Å². The van der Waals surface area contributed by atoms with Crippen molar-refractivity contribution in [3.63, 3.8) is 0 Å². The van der Waals surface area contributed by atoms with Gasteiger partial charge in [-0.1, -0.05) is 26.0 Å². The number of methoxy groups -OCH3 is 2. The van der Waals surface area contributed by atoms with Gasteiger partial charge in [-0.2, -0.15) is 5.26 Å². The first-order chi connectivity index (χ1) is 15.9. The van der Waals surface area contributed by atoms with Crippen molar-refractivity contribution >= 4 is 0 Å². The number of nitriles is 1. The zero-order valence-electron chi connectivity index (χ0n) is 20.0. The topological polar surface area (TPSA) is 103 Å². The molecule has 0 unspecified atom stereocenters. The first kappa shape index (κ1) is 24.2. The van der Waals surface area contributed by atoms with Crippen molar-refractivity contribution < 1.29 is 14.2 Å². The molecular formula is C25H32N4O4. The van der Waals surface area contributed by atoms with E-state index in [4.69, 9.17) is 19.9 Å². The molecule has 33 heavy (non-hydrogen) atoms. The summed E-state index contributed by atoms with van der Waals surface area (Å²) in [6, 6.07) is 9.34. The summed E-state index contributed by atoms with van der Waals surface area (Å²) in [5.74, 6) is 0.574. The first-order valence-corrected chi connectivity index (χ1v) is 11.2. The van der Waals surface area contributed by atoms with Gasteiger partial charge in [0.15, 0.2) is 11.5 Å². The van der Waals surface area contributed by atoms with Gasteiger partial charge in [-0.3, -0.25) is 4.79 Å². The first-order valence-electron chi connectivity index (χ1n) is 11.2. The number of para-hydroxylation sites is 1. The van der Waals surface area contributed by atoms with Crippen LogP contribution >= 0.6 is 0 Å². The van der Waals surface area contributed by atoms with Gasteiger partial charge in [-0.25, -0.2) is 0 Å². The minimum absolute atomic E-state index is 0.0158. The predicted octanol–water partition coefficient (Wildman–Crippen LogP) is 3.12. The normalized spacial score (nSPS) is 15.1. The lowest BCUT2D eigenvalue weighted by molar-refractivity contribution is 0.292. The fraction of sp³-hybridized carbons (Fsp3) is 0.440. The van der Waals surface area contributed by atoms with Crippen molar-refractivity contribution in [3.8, 4) is 23.3 Å². The minimum Gasteiger partial charge on any atom is -0.493 e. The van der Waals surface area contributed by atoms with Crippen LogP contribution in [0.15, 0.2) is 40.5 Å². The quantitative estimate of drug-likeness (QED) is 0.623. The second kappa shape index (κ2) is 10.5. The van der Waals surface area contributed by atoms with Crippen LogP contribution in [0.4, 0.5) is 0 Å². The molecule has 0 saturated carbocycles. The molecule has 0 bridgehead atoms. The van der Waals surface area contributed by atoms with Crippen molar-refractivity contribution in [3.05, 3.63) is 62.9 Å². The smallest absolute Gasteiger partial charge is 0.258 e. The summed E-state index contributed by atoms with van der Waals surface area (Å²) in [4.78, 5) is 16.1. The van der Waals surface area contributed by atoms with Gasteiger partial charge in [0.25, 0.3) is 5.56 Å². The highest BCUT2D eigenvalue weighted by Gasteiger charge is 2.36. The highest BCUT2D eigenvalue weighted by Crippen LogP contribution is 2.46. The summed E-state index contributed by atoms with van der Waals surface area (Å²) in [5, 5.41) is 9.93. The van der Waals surface area contributed by atoms with E-state index >= 15 is 0 Å². The summed E-state index contributed by atoms with van der Waals surface area (Å²) < 4.78 is 18.6. The van der Waals surface area contributed by atoms with E-state index in [2.05, 4.69) is 24.8 Å². The number of ether oxygens (including phenoxy) is 3. The van der Waals surface area contributed by atoms with Crippen LogP contribution in [0.25, 0.3) is 0 Å². The number of hydrogen-bond acceptors (Lipinski definition) is 7. The molecule has 0 aliphatic carbocycles. The van der Waals surface area contributed by atoms with Crippen LogP contribution in [0.2, 0.25) is 0 Å². The fourth-order valence-electron chi connectivity index (χ4n) is 4.41. The van der Waals surface area contributed by atoms with Gasteiger partial charge in [-0.15, -0.1) is 0 Å². The van der Waals surface area contributed by atoms with Gasteiger partial charge in [0.1, 0.15) is 17.4 Å². The maximum absolute atomic E-state index is 13.8. The summed E-state index contributed by atoms with van der Waals surface area (Å²) in [7, 11) is 3.07. The molecule has 2 heterocycles. The van der Waals surface area contributed by atoms with Crippen LogP contribution in [0.5, 0.6) is 17.2 Å². The van der Waals surface area contributed by atoms with E-state index in [1.54, 1.807) is 23.8 Å². The van der Waals surface area contributed by atoms with Gasteiger partial charge in [0, 0.05) is 23.9 Å². The maximum atomic E-state index is 13.8. The summed E-state index contributed by atoms with van der Waals surface area (Å²) >= 11 is 0. The average molecular weight is 453 g/mol. The third kappa shape index (κ3) is 4.55. The molecule has 1 aromatic heterocycles. The van der Waals surface area contributed by atoms with Gasteiger partial charge in [-0.05, 0) is 39.0 Å². The van der Waals surface area contributed by atoms with Gasteiger partial charge in [0.2, 0.25) is 5.88 Å². The Kier molecular flexibility index (Phi) is 7.67. The molecule has 1 aliphatic rings. The van der Waals surface area contributed by atoms with Crippen LogP contribution in [-0.4, -0.2) is 43.3 Å². The predicted molar refractivity (Wildman–Crippen MR) is 127 cm³/mol. The Hall–Kier alpha value is -3.44. The van der Waals surface area contributed by atoms with Crippen LogP contribution < -0.4 is 25.5 Å². The van der Waals surface area contributed by atoms with Crippen molar-refractivity contribution in [1.82, 2.24) is 9.47 Å². The number of hydrogen-bond donors (Lipinski definition) is 1. The molecule has 0 saturated heterocycles. The number of allylic oxidation sites excluding steroid dienone is 1. The standard InChI is InChI=1S/C25H32N4O4/c1-6-28(7-2)12-9-13-29-16(3)14-20-22(25(29)30)21(18(15-26)24(27)33-20)17-10-8-11-19(31-4)23(17)32-5/h8,10-11,14,21H,6-7,9,12-13,27H2,1-5H3/t21-/m0/s1. The molecule has 0 spiro atoms. The molecule has 0 fully saturated rings. The zero-order valence-corrected chi connectivity index (χ0v) is 20.0. The molecule has 1 aliphatic heterocycles. The van der Waals surface area contributed by atoms with Gasteiger partial charge in [0.05, 0.1) is 25.7 Å². The maximum Gasteiger partial charge on any atom is 0.258 e. The Balaban J connectivity index is 2.16. The van der Waals surface area contributed by atoms with Crippen LogP contribution in [-0.2, 0) is 6.54 Å². The van der Waals surface area contributed by atoms with Gasteiger partial charge < -0.3 is 29.4 Å². The molecule has 8 heteroatoms. The number of aryl methyl sites for hydroxylation is 1. The van der Waals surface area contributed by atoms with E-state index in [0.29, 0.717) is 34.9 Å². The van der Waals surface area contributed by atoms with E-state index in [0.717, 1.165) is 31.7 Å². The Morgan fingerprint density at radius 2 is 1.97 bits per heavy atom. The van der Waals surface area contributed by atoms with Crippen molar-refractivity contribution in [2.45, 2.75) is 39.7 Å². The van der Waals surface area contributed by atoms with E-state index in [1.807, 2.05) is 19.1 Å². The van der Waals surface area contributed by atoms with Crippen LogP contribution in [0.3, 0.4) is 0 Å². The number of rotatable bonds is 9. The Morgan fingerprint density at radius 3 is 2.58 bits per heavy atom. The largest absolute Gasteiger partial charge is 0.493 e. The van der Waals surface area contributed by atoms with Crippen molar-refractivity contribution in [1.29, 1.82) is 5.26 Å². The van der Waals surface area contributed by atoms with Crippen LogP contribution in [0.1, 0.15) is 43.0 Å². The van der Waals surface area contributed by atoms with E-state index in [9.17, 15) is 10.1 Å². The second-order valence-electron chi connectivity index (χ2n) is 7.91. The summed E-state index contributed by atoms with van der Waals surface area (Å²) in [5.41, 5.74) is 7.88.